The first-order chi connectivity index (χ1) is 8.40. The lowest BCUT2D eigenvalue weighted by Gasteiger charge is -2.05. The minimum atomic E-state index is 0.811. The summed E-state index contributed by atoms with van der Waals surface area (Å²) < 4.78 is 5.00. The van der Waals surface area contributed by atoms with Gasteiger partial charge in [0, 0.05) is 20.3 Å². The molecule has 0 aliphatic rings. The van der Waals surface area contributed by atoms with E-state index in [0.717, 1.165) is 42.8 Å². The Hall–Kier alpha value is -1.68. The Morgan fingerprint density at radius 1 is 1.18 bits per heavy atom. The van der Waals surface area contributed by atoms with Crippen molar-refractivity contribution in [1.29, 1.82) is 0 Å². The number of hydrogen-bond acceptors (Lipinski definition) is 4. The number of hydrogen-bond donors (Lipinski definition) is 1. The third-order valence-corrected chi connectivity index (χ3v) is 2.53. The number of para-hydroxylation sites is 2. The molecule has 4 nitrogen and oxygen atoms in total. The zero-order chi connectivity index (χ0) is 11.9. The molecule has 0 radical (unpaired) electrons. The van der Waals surface area contributed by atoms with E-state index in [1.165, 1.54) is 0 Å². The van der Waals surface area contributed by atoms with Crippen LogP contribution in [0.25, 0.3) is 11.0 Å². The van der Waals surface area contributed by atoms with Gasteiger partial charge in [-0.3, -0.25) is 4.98 Å². The van der Waals surface area contributed by atoms with Crippen molar-refractivity contribution < 1.29 is 4.74 Å². The van der Waals surface area contributed by atoms with Crippen molar-refractivity contribution in [2.45, 2.75) is 12.8 Å². The van der Waals surface area contributed by atoms with E-state index in [1.54, 1.807) is 13.3 Å². The maximum Gasteiger partial charge on any atom is 0.145 e. The Morgan fingerprint density at radius 2 is 2.00 bits per heavy atom. The fraction of sp³-hybridized carbons (Fsp3) is 0.385. The van der Waals surface area contributed by atoms with Crippen LogP contribution in [0.3, 0.4) is 0 Å². The van der Waals surface area contributed by atoms with Crippen LogP contribution in [-0.2, 0) is 4.74 Å². The third-order valence-electron chi connectivity index (χ3n) is 2.53. The number of ether oxygens (including phenoxy) is 1. The molecule has 1 N–H and O–H groups in total. The van der Waals surface area contributed by atoms with Gasteiger partial charge in [-0.15, -0.1) is 0 Å². The number of benzene rings is 1. The van der Waals surface area contributed by atoms with Crippen LogP contribution in [0.4, 0.5) is 5.82 Å². The Labute approximate surface area is 101 Å². The van der Waals surface area contributed by atoms with Crippen molar-refractivity contribution in [3.8, 4) is 0 Å². The topological polar surface area (TPSA) is 47.0 Å². The number of nitrogens with one attached hydrogen (secondary N) is 1. The highest BCUT2D eigenvalue weighted by Crippen LogP contribution is 2.11. The number of methoxy groups -OCH3 is 1. The van der Waals surface area contributed by atoms with Crippen LogP contribution >= 0.6 is 0 Å². The van der Waals surface area contributed by atoms with Crippen molar-refractivity contribution in [3.63, 3.8) is 0 Å². The predicted octanol–water partition coefficient (Wildman–Crippen LogP) is 2.47. The molecule has 0 spiro atoms. The van der Waals surface area contributed by atoms with E-state index in [2.05, 4.69) is 15.3 Å². The van der Waals surface area contributed by atoms with E-state index in [1.807, 2.05) is 24.3 Å². The molecule has 4 heteroatoms. The highest BCUT2D eigenvalue weighted by Gasteiger charge is 1.97. The fourth-order valence-electron chi connectivity index (χ4n) is 1.63. The van der Waals surface area contributed by atoms with E-state index >= 15 is 0 Å². The SMILES string of the molecule is COCCCCNc1cnc2ccccc2n1. The molecule has 2 aromatic rings. The lowest BCUT2D eigenvalue weighted by molar-refractivity contribution is 0.194. The van der Waals surface area contributed by atoms with Crippen LogP contribution in [0, 0.1) is 0 Å². The number of anilines is 1. The summed E-state index contributed by atoms with van der Waals surface area (Å²) in [5.74, 6) is 0.834. The summed E-state index contributed by atoms with van der Waals surface area (Å²) in [5.41, 5.74) is 1.85. The van der Waals surface area contributed by atoms with Gasteiger partial charge in [0.15, 0.2) is 0 Å². The Bertz CT molecular complexity index is 473. The predicted molar refractivity (Wildman–Crippen MR) is 69.1 cm³/mol. The normalized spacial score (nSPS) is 10.6. The first-order valence-corrected chi connectivity index (χ1v) is 5.85. The number of rotatable bonds is 6. The van der Waals surface area contributed by atoms with E-state index in [0.29, 0.717) is 0 Å². The molecule has 0 fully saturated rings. The Kier molecular flexibility index (Phi) is 4.27. The van der Waals surface area contributed by atoms with Crippen LogP contribution in [0.15, 0.2) is 30.5 Å². The van der Waals surface area contributed by atoms with Gasteiger partial charge in [-0.05, 0) is 25.0 Å². The molecule has 0 saturated heterocycles. The molecule has 0 amide bonds. The van der Waals surface area contributed by atoms with Crippen molar-refractivity contribution >= 4 is 16.9 Å². The number of aromatic nitrogens is 2. The first-order valence-electron chi connectivity index (χ1n) is 5.85. The lowest BCUT2D eigenvalue weighted by atomic mass is 10.3. The van der Waals surface area contributed by atoms with Gasteiger partial charge in [0.2, 0.25) is 0 Å². The first kappa shape index (κ1) is 11.8. The van der Waals surface area contributed by atoms with E-state index in [4.69, 9.17) is 4.74 Å². The van der Waals surface area contributed by atoms with Crippen molar-refractivity contribution in [1.82, 2.24) is 9.97 Å². The van der Waals surface area contributed by atoms with E-state index < -0.39 is 0 Å². The van der Waals surface area contributed by atoms with Crippen LogP contribution in [0.2, 0.25) is 0 Å². The van der Waals surface area contributed by atoms with Crippen molar-refractivity contribution in [2.24, 2.45) is 0 Å². The standard InChI is InChI=1S/C13H17N3O/c1-17-9-5-4-8-14-13-10-15-11-6-2-3-7-12(11)16-13/h2-3,6-7,10H,4-5,8-9H2,1H3,(H,14,16). The molecule has 0 bridgehead atoms. The van der Waals surface area contributed by atoms with Crippen LogP contribution < -0.4 is 5.32 Å². The molecular weight excluding hydrogens is 214 g/mol. The third kappa shape index (κ3) is 3.39. The average molecular weight is 231 g/mol. The largest absolute Gasteiger partial charge is 0.385 e. The molecule has 17 heavy (non-hydrogen) atoms. The van der Waals surface area contributed by atoms with Crippen molar-refractivity contribution in [3.05, 3.63) is 30.5 Å². The molecule has 0 unspecified atom stereocenters. The molecular formula is C13H17N3O. The maximum absolute atomic E-state index is 5.00. The summed E-state index contributed by atoms with van der Waals surface area (Å²) in [5, 5.41) is 3.27. The number of fused-ring (bicyclic) bond motifs is 1. The molecule has 2 rings (SSSR count). The summed E-state index contributed by atoms with van der Waals surface area (Å²) in [6.07, 6.45) is 3.91. The van der Waals surface area contributed by atoms with Gasteiger partial charge in [-0.1, -0.05) is 12.1 Å². The summed E-state index contributed by atoms with van der Waals surface area (Å²) >= 11 is 0. The summed E-state index contributed by atoms with van der Waals surface area (Å²) in [7, 11) is 1.72. The molecule has 0 atom stereocenters. The second-order valence-electron chi connectivity index (χ2n) is 3.87. The Balaban J connectivity index is 1.90. The van der Waals surface area contributed by atoms with E-state index in [-0.39, 0.29) is 0 Å². The van der Waals surface area contributed by atoms with Crippen LogP contribution in [-0.4, -0.2) is 30.2 Å². The fourth-order valence-corrected chi connectivity index (χ4v) is 1.63. The minimum Gasteiger partial charge on any atom is -0.385 e. The van der Waals surface area contributed by atoms with Gasteiger partial charge in [-0.2, -0.15) is 0 Å². The zero-order valence-corrected chi connectivity index (χ0v) is 10.0. The molecule has 90 valence electrons. The quantitative estimate of drug-likeness (QED) is 0.776. The molecule has 1 heterocycles. The van der Waals surface area contributed by atoms with Crippen molar-refractivity contribution in [2.75, 3.05) is 25.6 Å². The molecule has 1 aromatic heterocycles. The van der Waals surface area contributed by atoms with Gasteiger partial charge in [0.25, 0.3) is 0 Å². The van der Waals surface area contributed by atoms with Gasteiger partial charge in [-0.25, -0.2) is 4.98 Å². The van der Waals surface area contributed by atoms with E-state index in [9.17, 15) is 0 Å². The van der Waals surface area contributed by atoms with Gasteiger partial charge in [0.1, 0.15) is 5.82 Å². The molecule has 0 saturated carbocycles. The van der Waals surface area contributed by atoms with Gasteiger partial charge >= 0.3 is 0 Å². The number of nitrogens with zero attached hydrogens (tertiary/aromatic N) is 2. The summed E-state index contributed by atoms with van der Waals surface area (Å²) in [6, 6.07) is 7.87. The molecule has 0 aliphatic heterocycles. The van der Waals surface area contributed by atoms with Gasteiger partial charge < -0.3 is 10.1 Å². The highest BCUT2D eigenvalue weighted by atomic mass is 16.5. The average Bonchev–Trinajstić information content (AvgIpc) is 2.38. The molecule has 0 aliphatic carbocycles. The maximum atomic E-state index is 5.00. The highest BCUT2D eigenvalue weighted by molar-refractivity contribution is 5.75. The lowest BCUT2D eigenvalue weighted by Crippen LogP contribution is -2.05. The number of unbranched alkanes of at least 4 members (excludes halogenated alkanes) is 1. The van der Waals surface area contributed by atoms with Crippen LogP contribution in [0.1, 0.15) is 12.8 Å². The smallest absolute Gasteiger partial charge is 0.145 e. The zero-order valence-electron chi connectivity index (χ0n) is 10.0. The van der Waals surface area contributed by atoms with Crippen LogP contribution in [0.5, 0.6) is 0 Å². The summed E-state index contributed by atoms with van der Waals surface area (Å²) in [6.45, 7) is 1.71. The minimum absolute atomic E-state index is 0.811. The summed E-state index contributed by atoms with van der Waals surface area (Å²) in [4.78, 5) is 8.83. The van der Waals surface area contributed by atoms with Gasteiger partial charge in [0.05, 0.1) is 17.2 Å². The Morgan fingerprint density at radius 3 is 2.82 bits per heavy atom. The monoisotopic (exact) mass is 231 g/mol. The molecule has 1 aromatic carbocycles. The second kappa shape index (κ2) is 6.15. The second-order valence-corrected chi connectivity index (χ2v) is 3.87.